The van der Waals surface area contributed by atoms with Gasteiger partial charge in [-0.25, -0.2) is 9.59 Å². The van der Waals surface area contributed by atoms with Crippen molar-refractivity contribution in [2.75, 3.05) is 6.61 Å². The number of nitrogens with one attached hydrogen (secondary N) is 1. The number of carboxylic acid groups (broad SMARTS) is 1. The van der Waals surface area contributed by atoms with E-state index >= 15 is 0 Å². The normalized spacial score (nSPS) is 29.5. The zero-order valence-corrected chi connectivity index (χ0v) is 14.7. The standard InChI is InChI=1S/C17H23NO10/c19-7-11(21)13(22)14-12(10(20)6-17(26,28-14)15(23)24)18-16(25)27-8-9-4-2-1-3-5-9/h1-5,10-14,19-22,26H,6-8H2,(H,18,25)(H,23,24)/t10-,11?,12+,13?,14+,17-/m0/s1. The zero-order valence-electron chi connectivity index (χ0n) is 14.7. The molecule has 2 rings (SSSR count). The summed E-state index contributed by atoms with van der Waals surface area (Å²) in [5.74, 6) is -4.68. The summed E-state index contributed by atoms with van der Waals surface area (Å²) in [6.07, 6.45) is -8.94. The third kappa shape index (κ3) is 5.16. The fourth-order valence-electron chi connectivity index (χ4n) is 2.80. The number of carbonyl (C=O) groups excluding carboxylic acids is 1. The van der Waals surface area contributed by atoms with Crippen LogP contribution in [0.2, 0.25) is 0 Å². The van der Waals surface area contributed by atoms with Gasteiger partial charge in [-0.15, -0.1) is 0 Å². The van der Waals surface area contributed by atoms with E-state index in [9.17, 15) is 30.0 Å². The molecule has 11 heteroatoms. The molecule has 2 unspecified atom stereocenters. The molecule has 0 saturated carbocycles. The molecule has 1 fully saturated rings. The van der Waals surface area contributed by atoms with Gasteiger partial charge in [-0.05, 0) is 5.56 Å². The molecule has 0 radical (unpaired) electrons. The second kappa shape index (κ2) is 9.28. The SMILES string of the molecule is O=C(N[C@@H]1[C@@H](O)C[C@@](O)(C(=O)O)O[C@H]1C(O)C(O)CO)OCc1ccccc1. The molecule has 28 heavy (non-hydrogen) atoms. The van der Waals surface area contributed by atoms with Crippen molar-refractivity contribution < 1.29 is 49.7 Å². The molecule has 1 amide bonds. The Morgan fingerprint density at radius 2 is 1.93 bits per heavy atom. The van der Waals surface area contributed by atoms with Crippen LogP contribution in [0.3, 0.4) is 0 Å². The van der Waals surface area contributed by atoms with Gasteiger partial charge in [0, 0.05) is 6.42 Å². The number of aliphatic hydroxyl groups excluding tert-OH is 4. The predicted molar refractivity (Wildman–Crippen MR) is 90.7 cm³/mol. The quantitative estimate of drug-likeness (QED) is 0.267. The number of aliphatic hydroxyl groups is 5. The average Bonchev–Trinajstić information content (AvgIpc) is 2.67. The highest BCUT2D eigenvalue weighted by Crippen LogP contribution is 2.30. The second-order valence-electron chi connectivity index (χ2n) is 6.42. The van der Waals surface area contributed by atoms with Crippen molar-refractivity contribution in [1.29, 1.82) is 0 Å². The highest BCUT2D eigenvalue weighted by atomic mass is 16.7. The van der Waals surface area contributed by atoms with Crippen molar-refractivity contribution in [2.45, 2.75) is 49.3 Å². The summed E-state index contributed by atoms with van der Waals surface area (Å²) in [5, 5.41) is 60.3. The van der Waals surface area contributed by atoms with E-state index in [-0.39, 0.29) is 6.61 Å². The molecular weight excluding hydrogens is 378 g/mol. The van der Waals surface area contributed by atoms with E-state index in [1.807, 2.05) is 0 Å². The van der Waals surface area contributed by atoms with Crippen LogP contribution < -0.4 is 5.32 Å². The minimum absolute atomic E-state index is 0.0953. The average molecular weight is 401 g/mol. The maximum atomic E-state index is 12.1. The van der Waals surface area contributed by atoms with E-state index < -0.39 is 61.3 Å². The van der Waals surface area contributed by atoms with Gasteiger partial charge in [-0.3, -0.25) is 0 Å². The number of alkyl carbamates (subject to hydrolysis) is 1. The first-order chi connectivity index (χ1) is 13.2. The molecule has 1 saturated heterocycles. The number of carboxylic acids is 1. The van der Waals surface area contributed by atoms with Crippen molar-refractivity contribution in [2.24, 2.45) is 0 Å². The first-order valence-electron chi connectivity index (χ1n) is 8.44. The minimum atomic E-state index is -2.85. The predicted octanol–water partition coefficient (Wildman–Crippen LogP) is -2.08. The number of rotatable bonds is 7. The van der Waals surface area contributed by atoms with Crippen LogP contribution >= 0.6 is 0 Å². The highest BCUT2D eigenvalue weighted by molar-refractivity contribution is 5.75. The van der Waals surface area contributed by atoms with Crippen LogP contribution in [-0.2, 0) is 20.9 Å². The van der Waals surface area contributed by atoms with Gasteiger partial charge in [0.15, 0.2) is 0 Å². The van der Waals surface area contributed by atoms with Gasteiger partial charge >= 0.3 is 12.1 Å². The lowest BCUT2D eigenvalue weighted by Crippen LogP contribution is -2.67. The summed E-state index contributed by atoms with van der Waals surface area (Å²) in [6, 6.07) is 7.25. The first kappa shape index (κ1) is 22.0. The van der Waals surface area contributed by atoms with E-state index in [1.54, 1.807) is 30.3 Å². The first-order valence-corrected chi connectivity index (χ1v) is 8.44. The number of hydrogen-bond acceptors (Lipinski definition) is 9. The highest BCUT2D eigenvalue weighted by Gasteiger charge is 2.54. The molecular formula is C17H23NO10. The number of ether oxygens (including phenoxy) is 2. The molecule has 156 valence electrons. The van der Waals surface area contributed by atoms with Gasteiger partial charge in [0.25, 0.3) is 5.79 Å². The molecule has 1 aromatic rings. The van der Waals surface area contributed by atoms with Crippen LogP contribution in [0, 0.1) is 0 Å². The number of hydrogen-bond donors (Lipinski definition) is 7. The molecule has 1 aliphatic heterocycles. The third-order valence-corrected chi connectivity index (χ3v) is 4.33. The molecule has 1 aromatic carbocycles. The monoisotopic (exact) mass is 401 g/mol. The van der Waals surface area contributed by atoms with Crippen LogP contribution in [0.4, 0.5) is 4.79 Å². The van der Waals surface area contributed by atoms with Gasteiger partial charge in [0.2, 0.25) is 0 Å². The Balaban J connectivity index is 2.11. The van der Waals surface area contributed by atoms with Crippen LogP contribution in [-0.4, -0.2) is 85.6 Å². The smallest absolute Gasteiger partial charge is 0.407 e. The lowest BCUT2D eigenvalue weighted by atomic mass is 9.89. The Bertz CT molecular complexity index is 671. The van der Waals surface area contributed by atoms with Crippen LogP contribution in [0.5, 0.6) is 0 Å². The molecule has 1 aliphatic rings. The van der Waals surface area contributed by atoms with Crippen LogP contribution in [0.1, 0.15) is 12.0 Å². The number of carbonyl (C=O) groups is 2. The van der Waals surface area contributed by atoms with E-state index in [0.29, 0.717) is 5.56 Å². The maximum Gasteiger partial charge on any atom is 0.407 e. The van der Waals surface area contributed by atoms with Gasteiger partial charge in [-0.2, -0.15) is 0 Å². The summed E-state index contributed by atoms with van der Waals surface area (Å²) in [4.78, 5) is 23.3. The fraction of sp³-hybridized carbons (Fsp3) is 0.529. The minimum Gasteiger partial charge on any atom is -0.477 e. The molecule has 0 spiro atoms. The van der Waals surface area contributed by atoms with Crippen molar-refractivity contribution in [3.63, 3.8) is 0 Å². The Labute approximate surface area is 159 Å². The van der Waals surface area contributed by atoms with Crippen LogP contribution in [0.15, 0.2) is 30.3 Å². The molecule has 1 heterocycles. The summed E-state index contributed by atoms with van der Waals surface area (Å²) in [7, 11) is 0. The summed E-state index contributed by atoms with van der Waals surface area (Å²) >= 11 is 0. The molecule has 0 bridgehead atoms. The Kier molecular flexibility index (Phi) is 7.29. The molecule has 7 N–H and O–H groups in total. The summed E-state index contributed by atoms with van der Waals surface area (Å²) < 4.78 is 9.98. The number of benzene rings is 1. The molecule has 11 nitrogen and oxygen atoms in total. The molecule has 0 aromatic heterocycles. The van der Waals surface area contributed by atoms with E-state index in [0.717, 1.165) is 0 Å². The Hall–Kier alpha value is -2.28. The molecule has 0 aliphatic carbocycles. The summed E-state index contributed by atoms with van der Waals surface area (Å²) in [5.41, 5.74) is 0.686. The third-order valence-electron chi connectivity index (χ3n) is 4.33. The largest absolute Gasteiger partial charge is 0.477 e. The van der Waals surface area contributed by atoms with Gasteiger partial charge in [0.05, 0.1) is 18.8 Å². The maximum absolute atomic E-state index is 12.1. The van der Waals surface area contributed by atoms with Gasteiger partial charge < -0.3 is 45.4 Å². The topological polar surface area (TPSA) is 186 Å². The Morgan fingerprint density at radius 3 is 2.50 bits per heavy atom. The van der Waals surface area contributed by atoms with E-state index in [2.05, 4.69) is 5.32 Å². The second-order valence-corrected chi connectivity index (χ2v) is 6.42. The number of aliphatic carboxylic acids is 1. The fourth-order valence-corrected chi connectivity index (χ4v) is 2.80. The lowest BCUT2D eigenvalue weighted by Gasteiger charge is -2.44. The number of amides is 1. The van der Waals surface area contributed by atoms with Crippen molar-refractivity contribution in [3.05, 3.63) is 35.9 Å². The Morgan fingerprint density at radius 1 is 1.29 bits per heavy atom. The van der Waals surface area contributed by atoms with Crippen LogP contribution in [0.25, 0.3) is 0 Å². The summed E-state index contributed by atoms with van der Waals surface area (Å²) in [6.45, 7) is -1.00. The molecule has 6 atom stereocenters. The van der Waals surface area contributed by atoms with E-state index in [4.69, 9.17) is 19.7 Å². The van der Waals surface area contributed by atoms with Crippen molar-refractivity contribution in [3.8, 4) is 0 Å². The van der Waals surface area contributed by atoms with Gasteiger partial charge in [0.1, 0.15) is 24.9 Å². The zero-order chi connectivity index (χ0) is 20.9. The lowest BCUT2D eigenvalue weighted by molar-refractivity contribution is -0.294. The van der Waals surface area contributed by atoms with Gasteiger partial charge in [-0.1, -0.05) is 30.3 Å². The van der Waals surface area contributed by atoms with Crippen molar-refractivity contribution in [1.82, 2.24) is 5.32 Å². The van der Waals surface area contributed by atoms with E-state index in [1.165, 1.54) is 0 Å². The van der Waals surface area contributed by atoms with Crippen molar-refractivity contribution >= 4 is 12.1 Å².